The van der Waals surface area contributed by atoms with E-state index in [-0.39, 0.29) is 22.1 Å². The second kappa shape index (κ2) is 9.73. The molecule has 182 valence electrons. The van der Waals surface area contributed by atoms with Gasteiger partial charge in [0.15, 0.2) is 10.8 Å². The maximum atomic E-state index is 12.4. The van der Waals surface area contributed by atoms with Crippen molar-refractivity contribution in [2.45, 2.75) is 44.3 Å². The second-order valence-electron chi connectivity index (χ2n) is 7.81. The molecule has 2 heterocycles. The number of nitrogens with zero attached hydrogens (tertiary/aromatic N) is 1. The van der Waals surface area contributed by atoms with Gasteiger partial charge < -0.3 is 30.7 Å². The molecule has 0 spiro atoms. The summed E-state index contributed by atoms with van der Waals surface area (Å²) in [5, 5.41) is 32.3. The highest BCUT2D eigenvalue weighted by Crippen LogP contribution is 2.50. The van der Waals surface area contributed by atoms with Crippen LogP contribution in [0, 0.1) is 5.92 Å². The van der Waals surface area contributed by atoms with E-state index in [1.807, 2.05) is 0 Å². The number of ether oxygens (including phenoxy) is 1. The van der Waals surface area contributed by atoms with Gasteiger partial charge in [-0.1, -0.05) is 11.8 Å². The summed E-state index contributed by atoms with van der Waals surface area (Å²) in [4.78, 5) is 60.2. The molecule has 3 amide bonds. The molecule has 0 bridgehead atoms. The molecular formula is C21H23N3O9S. The zero-order valence-electron chi connectivity index (χ0n) is 18.3. The number of β-lactam (4-membered cyclic amide) rings is 1. The summed E-state index contributed by atoms with van der Waals surface area (Å²) >= 11 is 1.02. The fourth-order valence-corrected chi connectivity index (χ4v) is 4.81. The molecule has 34 heavy (non-hydrogen) atoms. The maximum Gasteiger partial charge on any atom is 0.357 e. The minimum absolute atomic E-state index is 0.0101. The van der Waals surface area contributed by atoms with E-state index in [0.29, 0.717) is 0 Å². The molecule has 5 atom stereocenters. The number of amides is 3. The summed E-state index contributed by atoms with van der Waals surface area (Å²) in [6.45, 7) is 4.16. The van der Waals surface area contributed by atoms with Gasteiger partial charge in [0, 0.05) is 5.56 Å². The van der Waals surface area contributed by atoms with Crippen LogP contribution in [-0.2, 0) is 19.2 Å². The van der Waals surface area contributed by atoms with Gasteiger partial charge in [0.05, 0.1) is 12.0 Å². The van der Waals surface area contributed by atoms with Crippen LogP contribution in [0.25, 0.3) is 0 Å². The molecule has 1 fully saturated rings. The van der Waals surface area contributed by atoms with Crippen LogP contribution in [0.15, 0.2) is 35.1 Å². The van der Waals surface area contributed by atoms with Crippen LogP contribution in [-0.4, -0.2) is 73.4 Å². The highest BCUT2D eigenvalue weighted by molar-refractivity contribution is 8.03. The van der Waals surface area contributed by atoms with Crippen LogP contribution < -0.4 is 15.4 Å². The Morgan fingerprint density at radius 1 is 1.03 bits per heavy atom. The van der Waals surface area contributed by atoms with Gasteiger partial charge in [-0.15, -0.1) is 0 Å². The van der Waals surface area contributed by atoms with Crippen molar-refractivity contribution in [1.82, 2.24) is 15.5 Å². The van der Waals surface area contributed by atoms with Crippen molar-refractivity contribution in [2.24, 2.45) is 5.92 Å². The minimum Gasteiger partial charge on any atom is -0.480 e. The molecule has 1 saturated heterocycles. The van der Waals surface area contributed by atoms with E-state index in [4.69, 9.17) is 9.84 Å². The molecule has 12 nitrogen and oxygen atoms in total. The monoisotopic (exact) mass is 493 g/mol. The van der Waals surface area contributed by atoms with E-state index >= 15 is 0 Å². The van der Waals surface area contributed by atoms with Crippen LogP contribution in [0.5, 0.6) is 5.75 Å². The zero-order valence-corrected chi connectivity index (χ0v) is 19.2. The average molecular weight is 493 g/mol. The summed E-state index contributed by atoms with van der Waals surface area (Å²) in [6, 6.07) is 3.53. The number of carbonyl (C=O) groups is 5. The number of benzene rings is 1. The lowest BCUT2D eigenvalue weighted by Gasteiger charge is -2.43. The number of hydrogen-bond acceptors (Lipinski definition) is 8. The first kappa shape index (κ1) is 25.1. The Morgan fingerprint density at radius 3 is 2.18 bits per heavy atom. The summed E-state index contributed by atoms with van der Waals surface area (Å²) in [7, 11) is 0. The predicted octanol–water partition coefficient (Wildman–Crippen LogP) is -0.0612. The lowest BCUT2D eigenvalue weighted by molar-refractivity contribution is -0.156. The van der Waals surface area contributed by atoms with Crippen LogP contribution in [0.2, 0.25) is 0 Å². The Kier molecular flexibility index (Phi) is 7.17. The van der Waals surface area contributed by atoms with E-state index in [0.717, 1.165) is 16.7 Å². The zero-order chi connectivity index (χ0) is 25.3. The Bertz CT molecular complexity index is 1070. The molecule has 0 saturated carbocycles. The molecule has 2 unspecified atom stereocenters. The molecule has 0 aliphatic carbocycles. The number of carboxylic acid groups (broad SMARTS) is 2. The number of nitrogens with one attached hydrogen (secondary N) is 2. The fraction of sp³-hybridized carbons (Fsp3) is 0.381. The highest BCUT2D eigenvalue weighted by atomic mass is 32.2. The molecule has 0 aromatic heterocycles. The Morgan fingerprint density at radius 2 is 1.65 bits per heavy atom. The van der Waals surface area contributed by atoms with E-state index in [9.17, 15) is 34.2 Å². The quantitative estimate of drug-likeness (QED) is 0.292. The number of fused-ring (bicyclic) bond motifs is 1. The predicted molar refractivity (Wildman–Crippen MR) is 117 cm³/mol. The minimum atomic E-state index is -1.34. The van der Waals surface area contributed by atoms with Gasteiger partial charge in [-0.05, 0) is 45.0 Å². The standard InChI is InChI=1S/C21H23N3O9S/c1-8(15(26)23-9(2)19(29)30)22-16(27)11-4-6-12(7-5-11)33-21-14(20(31)32)24-17(28)13(10(3)25)18(24)34-21/h4-10,13,18,25H,1-3H3,(H,22,27)(H,23,26)(H,29,30)(H,31,32)/t8?,9?,10-,13+,18-/m1/s1. The van der Waals surface area contributed by atoms with Crippen molar-refractivity contribution in [2.75, 3.05) is 0 Å². The van der Waals surface area contributed by atoms with Crippen molar-refractivity contribution >= 4 is 41.4 Å². The highest BCUT2D eigenvalue weighted by Gasteiger charge is 2.58. The average Bonchev–Trinajstić information content (AvgIpc) is 3.07. The smallest absolute Gasteiger partial charge is 0.357 e. The van der Waals surface area contributed by atoms with Gasteiger partial charge in [0.1, 0.15) is 23.2 Å². The molecular weight excluding hydrogens is 470 g/mol. The first-order chi connectivity index (χ1) is 15.9. The topological polar surface area (TPSA) is 183 Å². The maximum absolute atomic E-state index is 12.4. The largest absolute Gasteiger partial charge is 0.480 e. The molecule has 2 aliphatic rings. The summed E-state index contributed by atoms with van der Waals surface area (Å²) in [5.74, 6) is -4.82. The SMILES string of the molecule is CC(NC(=O)C(C)NC(=O)c1ccc(OC2=C(C(=O)O)N3C(=O)[C@H]([C@@H](C)O)[C@H]3S2)cc1)C(=O)O. The Balaban J connectivity index is 1.65. The third-order valence-corrected chi connectivity index (χ3v) is 6.50. The van der Waals surface area contributed by atoms with Crippen molar-refractivity contribution in [3.05, 3.63) is 40.6 Å². The number of aliphatic hydroxyl groups is 1. The molecule has 0 radical (unpaired) electrons. The van der Waals surface area contributed by atoms with E-state index in [2.05, 4.69) is 10.6 Å². The van der Waals surface area contributed by atoms with Gasteiger partial charge in [-0.25, -0.2) is 4.79 Å². The van der Waals surface area contributed by atoms with Gasteiger partial charge in [-0.2, -0.15) is 0 Å². The lowest BCUT2D eigenvalue weighted by atomic mass is 9.92. The van der Waals surface area contributed by atoms with Crippen LogP contribution >= 0.6 is 11.8 Å². The second-order valence-corrected chi connectivity index (χ2v) is 8.90. The third kappa shape index (κ3) is 4.84. The summed E-state index contributed by atoms with van der Waals surface area (Å²) in [6.07, 6.45) is -0.940. The summed E-state index contributed by atoms with van der Waals surface area (Å²) < 4.78 is 5.66. The first-order valence-corrected chi connectivity index (χ1v) is 11.1. The number of aliphatic carboxylic acids is 2. The first-order valence-electron chi connectivity index (χ1n) is 10.2. The number of carboxylic acids is 2. The van der Waals surface area contributed by atoms with Crippen LogP contribution in [0.3, 0.4) is 0 Å². The molecule has 3 rings (SSSR count). The molecule has 1 aromatic rings. The molecule has 1 aromatic carbocycles. The number of hydrogen-bond donors (Lipinski definition) is 5. The Labute approximate surface area is 197 Å². The summed E-state index contributed by atoms with van der Waals surface area (Å²) in [5.41, 5.74) is -0.132. The van der Waals surface area contributed by atoms with Crippen LogP contribution in [0.1, 0.15) is 31.1 Å². The van der Waals surface area contributed by atoms with E-state index < -0.39 is 59.1 Å². The van der Waals surface area contributed by atoms with Crippen molar-refractivity contribution < 1.29 is 44.0 Å². The van der Waals surface area contributed by atoms with Gasteiger partial charge >= 0.3 is 11.9 Å². The van der Waals surface area contributed by atoms with Crippen molar-refractivity contribution in [3.63, 3.8) is 0 Å². The molecule has 5 N–H and O–H groups in total. The number of aliphatic hydroxyl groups excluding tert-OH is 1. The van der Waals surface area contributed by atoms with E-state index in [1.165, 1.54) is 45.0 Å². The molecule has 2 aliphatic heterocycles. The fourth-order valence-electron chi connectivity index (χ4n) is 3.35. The van der Waals surface area contributed by atoms with Gasteiger partial charge in [0.2, 0.25) is 11.8 Å². The number of thioether (sulfide) groups is 1. The van der Waals surface area contributed by atoms with E-state index in [1.54, 1.807) is 0 Å². The van der Waals surface area contributed by atoms with Gasteiger partial charge in [0.25, 0.3) is 5.91 Å². The van der Waals surface area contributed by atoms with Gasteiger partial charge in [-0.3, -0.25) is 24.1 Å². The Hall–Kier alpha value is -3.58. The number of carbonyl (C=O) groups excluding carboxylic acids is 3. The third-order valence-electron chi connectivity index (χ3n) is 5.27. The molecule has 13 heteroatoms. The van der Waals surface area contributed by atoms with Crippen LogP contribution in [0.4, 0.5) is 0 Å². The van der Waals surface area contributed by atoms with Crippen molar-refractivity contribution in [1.29, 1.82) is 0 Å². The number of rotatable bonds is 9. The normalized spacial score (nSPS) is 21.6. The van der Waals surface area contributed by atoms with Crippen molar-refractivity contribution in [3.8, 4) is 5.75 Å². The lowest BCUT2D eigenvalue weighted by Crippen LogP contribution is -2.60.